The molecule has 0 bridgehead atoms. The molecule has 0 radical (unpaired) electrons. The lowest BCUT2D eigenvalue weighted by Crippen LogP contribution is -2.12. The predicted molar refractivity (Wildman–Crippen MR) is 59.4 cm³/mol. The molecule has 3 nitrogen and oxygen atoms in total. The standard InChI is InChI=1S/C11H13N3/c1-3-8(2)12-11-13-9-6-4-5-7-10(9)14-11/h3-8H,1H2,2H3,(H2,12,13,14). The fourth-order valence-corrected chi connectivity index (χ4v) is 1.30. The van der Waals surface area contributed by atoms with Gasteiger partial charge in [-0.05, 0) is 19.1 Å². The van der Waals surface area contributed by atoms with E-state index >= 15 is 0 Å². The molecule has 0 saturated carbocycles. The number of nitrogens with zero attached hydrogens (tertiary/aromatic N) is 1. The molecular weight excluding hydrogens is 174 g/mol. The van der Waals surface area contributed by atoms with Crippen molar-refractivity contribution in [1.29, 1.82) is 0 Å². The summed E-state index contributed by atoms with van der Waals surface area (Å²) in [5.74, 6) is 0.790. The van der Waals surface area contributed by atoms with Crippen molar-refractivity contribution in [2.24, 2.45) is 0 Å². The number of aromatic nitrogens is 2. The minimum Gasteiger partial charge on any atom is -0.350 e. The number of nitrogens with one attached hydrogen (secondary N) is 2. The van der Waals surface area contributed by atoms with Gasteiger partial charge in [0.25, 0.3) is 0 Å². The summed E-state index contributed by atoms with van der Waals surface area (Å²) >= 11 is 0. The Bertz CT molecular complexity index is 411. The summed E-state index contributed by atoms with van der Waals surface area (Å²) in [6.07, 6.45) is 1.84. The Morgan fingerprint density at radius 2 is 2.29 bits per heavy atom. The Labute approximate surface area is 82.9 Å². The summed E-state index contributed by atoms with van der Waals surface area (Å²) in [4.78, 5) is 7.58. The highest BCUT2D eigenvalue weighted by atomic mass is 15.1. The molecule has 0 aliphatic carbocycles. The summed E-state index contributed by atoms with van der Waals surface area (Å²) in [6, 6.07) is 8.17. The molecule has 14 heavy (non-hydrogen) atoms. The lowest BCUT2D eigenvalue weighted by Gasteiger charge is -2.05. The molecule has 1 aromatic heterocycles. The molecule has 72 valence electrons. The fourth-order valence-electron chi connectivity index (χ4n) is 1.30. The van der Waals surface area contributed by atoms with Gasteiger partial charge in [0.2, 0.25) is 5.95 Å². The molecule has 2 N–H and O–H groups in total. The van der Waals surface area contributed by atoms with Gasteiger partial charge in [-0.2, -0.15) is 0 Å². The largest absolute Gasteiger partial charge is 0.350 e. The van der Waals surface area contributed by atoms with Gasteiger partial charge >= 0.3 is 0 Å². The first-order chi connectivity index (χ1) is 6.79. The number of aromatic amines is 1. The second kappa shape index (κ2) is 3.54. The van der Waals surface area contributed by atoms with E-state index in [4.69, 9.17) is 0 Å². The van der Waals surface area contributed by atoms with Gasteiger partial charge in [0.05, 0.1) is 11.0 Å². The Kier molecular flexibility index (Phi) is 2.23. The fraction of sp³-hybridized carbons (Fsp3) is 0.182. The second-order valence-corrected chi connectivity index (χ2v) is 3.27. The highest BCUT2D eigenvalue weighted by Crippen LogP contribution is 2.13. The quantitative estimate of drug-likeness (QED) is 0.725. The van der Waals surface area contributed by atoms with Gasteiger partial charge in [0.1, 0.15) is 0 Å². The van der Waals surface area contributed by atoms with Gasteiger partial charge in [0, 0.05) is 6.04 Å². The zero-order valence-electron chi connectivity index (χ0n) is 8.12. The molecule has 0 saturated heterocycles. The first kappa shape index (κ1) is 8.81. The summed E-state index contributed by atoms with van der Waals surface area (Å²) in [5.41, 5.74) is 2.03. The van der Waals surface area contributed by atoms with Gasteiger partial charge in [-0.1, -0.05) is 18.2 Å². The van der Waals surface area contributed by atoms with Gasteiger partial charge in [-0.25, -0.2) is 4.98 Å². The lowest BCUT2D eigenvalue weighted by atomic mass is 10.3. The average molecular weight is 187 g/mol. The molecule has 2 aromatic rings. The number of benzene rings is 1. The van der Waals surface area contributed by atoms with E-state index in [1.165, 1.54) is 0 Å². The van der Waals surface area contributed by atoms with Crippen LogP contribution in [-0.2, 0) is 0 Å². The van der Waals surface area contributed by atoms with Crippen molar-refractivity contribution in [3.63, 3.8) is 0 Å². The Balaban J connectivity index is 2.31. The molecular formula is C11H13N3. The van der Waals surface area contributed by atoms with E-state index in [1.54, 1.807) is 0 Å². The molecule has 1 atom stereocenters. The van der Waals surface area contributed by atoms with Crippen LogP contribution in [0.4, 0.5) is 5.95 Å². The maximum absolute atomic E-state index is 4.39. The lowest BCUT2D eigenvalue weighted by molar-refractivity contribution is 0.975. The third-order valence-corrected chi connectivity index (χ3v) is 2.11. The van der Waals surface area contributed by atoms with Crippen LogP contribution < -0.4 is 5.32 Å². The van der Waals surface area contributed by atoms with Gasteiger partial charge in [-0.3, -0.25) is 0 Å². The second-order valence-electron chi connectivity index (χ2n) is 3.27. The molecule has 3 heteroatoms. The van der Waals surface area contributed by atoms with Crippen molar-refractivity contribution in [3.05, 3.63) is 36.9 Å². The van der Waals surface area contributed by atoms with Crippen LogP contribution in [0, 0.1) is 0 Å². The van der Waals surface area contributed by atoms with Crippen LogP contribution in [0.3, 0.4) is 0 Å². The van der Waals surface area contributed by atoms with Crippen LogP contribution >= 0.6 is 0 Å². The number of anilines is 1. The summed E-state index contributed by atoms with van der Waals surface area (Å²) < 4.78 is 0. The van der Waals surface area contributed by atoms with Crippen molar-refractivity contribution in [2.75, 3.05) is 5.32 Å². The third kappa shape index (κ3) is 1.62. The van der Waals surface area contributed by atoms with Crippen molar-refractivity contribution in [2.45, 2.75) is 13.0 Å². The van der Waals surface area contributed by atoms with Crippen LogP contribution in [0.25, 0.3) is 11.0 Å². The molecule has 2 rings (SSSR count). The van der Waals surface area contributed by atoms with E-state index in [9.17, 15) is 0 Å². The van der Waals surface area contributed by atoms with Crippen LogP contribution in [0.2, 0.25) is 0 Å². The van der Waals surface area contributed by atoms with Crippen molar-refractivity contribution in [1.82, 2.24) is 9.97 Å². The van der Waals surface area contributed by atoms with E-state index < -0.39 is 0 Å². The zero-order valence-corrected chi connectivity index (χ0v) is 8.12. The van der Waals surface area contributed by atoms with E-state index in [1.807, 2.05) is 37.3 Å². The Morgan fingerprint density at radius 1 is 1.50 bits per heavy atom. The van der Waals surface area contributed by atoms with Crippen molar-refractivity contribution in [3.8, 4) is 0 Å². The first-order valence-corrected chi connectivity index (χ1v) is 4.63. The molecule has 0 amide bonds. The molecule has 0 fully saturated rings. The monoisotopic (exact) mass is 187 g/mol. The zero-order chi connectivity index (χ0) is 9.97. The van der Waals surface area contributed by atoms with Gasteiger partial charge in [0.15, 0.2) is 0 Å². The van der Waals surface area contributed by atoms with Crippen LogP contribution in [0.15, 0.2) is 36.9 Å². The molecule has 1 unspecified atom stereocenters. The van der Waals surface area contributed by atoms with Crippen molar-refractivity contribution < 1.29 is 0 Å². The van der Waals surface area contributed by atoms with Crippen LogP contribution in [-0.4, -0.2) is 16.0 Å². The van der Waals surface area contributed by atoms with E-state index in [-0.39, 0.29) is 6.04 Å². The average Bonchev–Trinajstić information content (AvgIpc) is 2.59. The van der Waals surface area contributed by atoms with E-state index in [0.29, 0.717) is 0 Å². The maximum atomic E-state index is 4.39. The molecule has 1 aromatic carbocycles. The highest BCUT2D eigenvalue weighted by molar-refractivity contribution is 5.77. The van der Waals surface area contributed by atoms with Crippen LogP contribution in [0.1, 0.15) is 6.92 Å². The third-order valence-electron chi connectivity index (χ3n) is 2.11. The van der Waals surface area contributed by atoms with Crippen LogP contribution in [0.5, 0.6) is 0 Å². The number of fused-ring (bicyclic) bond motifs is 1. The topological polar surface area (TPSA) is 40.7 Å². The Morgan fingerprint density at radius 3 is 3.00 bits per heavy atom. The summed E-state index contributed by atoms with van der Waals surface area (Å²) in [6.45, 7) is 5.73. The van der Waals surface area contributed by atoms with Gasteiger partial charge < -0.3 is 10.3 Å². The smallest absolute Gasteiger partial charge is 0.201 e. The minimum absolute atomic E-state index is 0.218. The number of hydrogen-bond acceptors (Lipinski definition) is 2. The van der Waals surface area contributed by atoms with E-state index in [0.717, 1.165) is 17.0 Å². The summed E-state index contributed by atoms with van der Waals surface area (Å²) in [5, 5.41) is 3.20. The highest BCUT2D eigenvalue weighted by Gasteiger charge is 2.02. The minimum atomic E-state index is 0.218. The SMILES string of the molecule is C=CC(C)Nc1nc2ccccc2[nH]1. The van der Waals surface area contributed by atoms with Gasteiger partial charge in [-0.15, -0.1) is 6.58 Å². The summed E-state index contributed by atoms with van der Waals surface area (Å²) in [7, 11) is 0. The predicted octanol–water partition coefficient (Wildman–Crippen LogP) is 2.55. The first-order valence-electron chi connectivity index (χ1n) is 4.63. The Hall–Kier alpha value is -1.77. The molecule has 0 aliphatic heterocycles. The number of para-hydroxylation sites is 2. The number of imidazole rings is 1. The maximum Gasteiger partial charge on any atom is 0.201 e. The molecule has 0 spiro atoms. The molecule has 1 heterocycles. The normalized spacial score (nSPS) is 12.6. The van der Waals surface area contributed by atoms with E-state index in [2.05, 4.69) is 21.9 Å². The number of H-pyrrole nitrogens is 1. The number of rotatable bonds is 3. The van der Waals surface area contributed by atoms with Crippen molar-refractivity contribution >= 4 is 17.0 Å². The molecule has 0 aliphatic rings. The number of hydrogen-bond donors (Lipinski definition) is 2.